The van der Waals surface area contributed by atoms with Gasteiger partial charge in [0.25, 0.3) is 5.91 Å². The standard InChI is InChI=1S/C19H22N4O2/c1-4-5-9-16-18(24)22(19(25)20-16)12-15-8-6-7-10-17(15)23-14(3)11-13(2)21-23/h4,6-8,10-11,16H,1,5,9,12H2,2-3H3,(H,20,25). The van der Waals surface area contributed by atoms with Gasteiger partial charge in [-0.15, -0.1) is 6.58 Å². The van der Waals surface area contributed by atoms with Crippen LogP contribution in [0.25, 0.3) is 5.69 Å². The van der Waals surface area contributed by atoms with Gasteiger partial charge in [0.1, 0.15) is 6.04 Å². The van der Waals surface area contributed by atoms with Crippen molar-refractivity contribution in [1.29, 1.82) is 0 Å². The topological polar surface area (TPSA) is 67.2 Å². The van der Waals surface area contributed by atoms with Crippen LogP contribution in [0.5, 0.6) is 0 Å². The van der Waals surface area contributed by atoms with Gasteiger partial charge in [0.05, 0.1) is 17.9 Å². The Bertz CT molecular complexity index is 825. The minimum absolute atomic E-state index is 0.185. The molecule has 6 heteroatoms. The van der Waals surface area contributed by atoms with Crippen molar-refractivity contribution < 1.29 is 9.59 Å². The van der Waals surface area contributed by atoms with Gasteiger partial charge in [0.15, 0.2) is 0 Å². The molecule has 1 atom stereocenters. The molecule has 6 nitrogen and oxygen atoms in total. The van der Waals surface area contributed by atoms with E-state index in [1.54, 1.807) is 6.08 Å². The second kappa shape index (κ2) is 6.93. The summed E-state index contributed by atoms with van der Waals surface area (Å²) < 4.78 is 1.85. The van der Waals surface area contributed by atoms with Crippen molar-refractivity contribution in [2.45, 2.75) is 39.3 Å². The van der Waals surface area contributed by atoms with E-state index in [0.29, 0.717) is 12.8 Å². The lowest BCUT2D eigenvalue weighted by atomic mass is 10.1. The maximum absolute atomic E-state index is 12.5. The summed E-state index contributed by atoms with van der Waals surface area (Å²) in [5, 5.41) is 7.26. The molecule has 1 aliphatic rings. The Balaban J connectivity index is 1.87. The number of carbonyl (C=O) groups is 2. The minimum Gasteiger partial charge on any atom is -0.326 e. The van der Waals surface area contributed by atoms with Crippen molar-refractivity contribution in [3.05, 3.63) is 59.9 Å². The molecule has 1 saturated heterocycles. The molecule has 1 fully saturated rings. The Morgan fingerprint density at radius 1 is 1.28 bits per heavy atom. The number of aromatic nitrogens is 2. The zero-order chi connectivity index (χ0) is 18.0. The highest BCUT2D eigenvalue weighted by Crippen LogP contribution is 2.21. The monoisotopic (exact) mass is 338 g/mol. The summed E-state index contributed by atoms with van der Waals surface area (Å²) in [5.41, 5.74) is 3.68. The largest absolute Gasteiger partial charge is 0.326 e. The van der Waals surface area contributed by atoms with Crippen LogP contribution in [-0.2, 0) is 11.3 Å². The van der Waals surface area contributed by atoms with Crippen LogP contribution in [0.1, 0.15) is 29.8 Å². The maximum atomic E-state index is 12.5. The smallest absolute Gasteiger partial charge is 0.325 e. The number of allylic oxidation sites excluding steroid dienone is 1. The van der Waals surface area contributed by atoms with Gasteiger partial charge < -0.3 is 5.32 Å². The Morgan fingerprint density at radius 2 is 2.04 bits per heavy atom. The van der Waals surface area contributed by atoms with E-state index in [-0.39, 0.29) is 18.5 Å². The third-order valence-electron chi connectivity index (χ3n) is 4.32. The summed E-state index contributed by atoms with van der Waals surface area (Å²) in [6, 6.07) is 8.88. The number of para-hydroxylation sites is 1. The van der Waals surface area contributed by atoms with Crippen LogP contribution in [0.2, 0.25) is 0 Å². The highest BCUT2D eigenvalue weighted by molar-refractivity contribution is 6.04. The molecule has 0 radical (unpaired) electrons. The normalized spacial score (nSPS) is 17.0. The third-order valence-corrected chi connectivity index (χ3v) is 4.32. The fourth-order valence-corrected chi connectivity index (χ4v) is 3.10. The summed E-state index contributed by atoms with van der Waals surface area (Å²) in [6.07, 6.45) is 3.01. The van der Waals surface area contributed by atoms with Gasteiger partial charge in [-0.2, -0.15) is 5.10 Å². The number of hydrogen-bond donors (Lipinski definition) is 1. The van der Waals surface area contributed by atoms with Crippen LogP contribution in [0, 0.1) is 13.8 Å². The predicted octanol–water partition coefficient (Wildman–Crippen LogP) is 2.88. The van der Waals surface area contributed by atoms with Gasteiger partial charge in [-0.25, -0.2) is 9.48 Å². The summed E-state index contributed by atoms with van der Waals surface area (Å²) in [6.45, 7) is 7.81. The SMILES string of the molecule is C=CCCC1NC(=O)N(Cc2ccccc2-n2nc(C)cc2C)C1=O. The molecule has 3 rings (SSSR count). The van der Waals surface area contributed by atoms with E-state index in [4.69, 9.17) is 0 Å². The van der Waals surface area contributed by atoms with Crippen LogP contribution >= 0.6 is 0 Å². The Kier molecular flexibility index (Phi) is 4.70. The molecule has 1 aromatic heterocycles. The molecule has 1 aromatic carbocycles. The molecule has 3 amide bonds. The Labute approximate surface area is 147 Å². The molecule has 0 saturated carbocycles. The first-order valence-electron chi connectivity index (χ1n) is 8.35. The van der Waals surface area contributed by atoms with E-state index in [9.17, 15) is 9.59 Å². The van der Waals surface area contributed by atoms with Gasteiger partial charge in [0, 0.05) is 5.69 Å². The van der Waals surface area contributed by atoms with Gasteiger partial charge in [-0.05, 0) is 44.4 Å². The summed E-state index contributed by atoms with van der Waals surface area (Å²) in [5.74, 6) is -0.185. The first-order valence-corrected chi connectivity index (χ1v) is 8.35. The quantitative estimate of drug-likeness (QED) is 0.650. The van der Waals surface area contributed by atoms with Crippen LogP contribution < -0.4 is 5.32 Å². The molecule has 25 heavy (non-hydrogen) atoms. The molecule has 0 aliphatic carbocycles. The molecular weight excluding hydrogens is 316 g/mol. The molecule has 130 valence electrons. The van der Waals surface area contributed by atoms with Crippen LogP contribution in [0.4, 0.5) is 4.79 Å². The highest BCUT2D eigenvalue weighted by Gasteiger charge is 2.37. The fourth-order valence-electron chi connectivity index (χ4n) is 3.10. The van der Waals surface area contributed by atoms with E-state index in [0.717, 1.165) is 22.6 Å². The number of amides is 3. The number of urea groups is 1. The number of nitrogens with zero attached hydrogens (tertiary/aromatic N) is 3. The number of aryl methyl sites for hydroxylation is 2. The van der Waals surface area contributed by atoms with Gasteiger partial charge in [-0.3, -0.25) is 9.69 Å². The minimum atomic E-state index is -0.466. The molecule has 1 N–H and O–H groups in total. The first-order chi connectivity index (χ1) is 12.0. The number of nitrogens with one attached hydrogen (secondary N) is 1. The van der Waals surface area contributed by atoms with Crippen LogP contribution in [0.15, 0.2) is 43.0 Å². The second-order valence-electron chi connectivity index (χ2n) is 6.26. The van der Waals surface area contributed by atoms with Gasteiger partial charge in [0.2, 0.25) is 0 Å². The van der Waals surface area contributed by atoms with Crippen LogP contribution in [-0.4, -0.2) is 32.7 Å². The molecule has 2 heterocycles. The summed E-state index contributed by atoms with van der Waals surface area (Å²) in [7, 11) is 0. The van der Waals surface area contributed by atoms with Crippen molar-refractivity contribution in [2.75, 3.05) is 0 Å². The van der Waals surface area contributed by atoms with Crippen molar-refractivity contribution in [3.63, 3.8) is 0 Å². The van der Waals surface area contributed by atoms with Gasteiger partial charge >= 0.3 is 6.03 Å². The van der Waals surface area contributed by atoms with Crippen molar-refractivity contribution in [1.82, 2.24) is 20.0 Å². The van der Waals surface area contributed by atoms with E-state index in [1.165, 1.54) is 4.90 Å². The highest BCUT2D eigenvalue weighted by atomic mass is 16.2. The van der Waals surface area contributed by atoms with Gasteiger partial charge in [-0.1, -0.05) is 24.3 Å². The predicted molar refractivity (Wildman–Crippen MR) is 95.3 cm³/mol. The number of hydrogen-bond acceptors (Lipinski definition) is 3. The molecule has 0 bridgehead atoms. The number of imide groups is 1. The van der Waals surface area contributed by atoms with E-state index >= 15 is 0 Å². The Hall–Kier alpha value is -2.89. The zero-order valence-corrected chi connectivity index (χ0v) is 14.5. The van der Waals surface area contributed by atoms with E-state index < -0.39 is 6.04 Å². The summed E-state index contributed by atoms with van der Waals surface area (Å²) in [4.78, 5) is 26.0. The summed E-state index contributed by atoms with van der Waals surface area (Å²) >= 11 is 0. The lowest BCUT2D eigenvalue weighted by molar-refractivity contribution is -0.127. The van der Waals surface area contributed by atoms with Crippen molar-refractivity contribution in [3.8, 4) is 5.69 Å². The molecular formula is C19H22N4O2. The average Bonchev–Trinajstić information content (AvgIpc) is 3.06. The molecule has 0 spiro atoms. The van der Waals surface area contributed by atoms with E-state index in [2.05, 4.69) is 17.0 Å². The average molecular weight is 338 g/mol. The number of benzene rings is 1. The lowest BCUT2D eigenvalue weighted by Crippen LogP contribution is -2.31. The second-order valence-corrected chi connectivity index (χ2v) is 6.26. The molecule has 1 unspecified atom stereocenters. The van der Waals surface area contributed by atoms with E-state index in [1.807, 2.05) is 48.9 Å². The number of rotatable bonds is 6. The number of carbonyl (C=O) groups excluding carboxylic acids is 2. The fraction of sp³-hybridized carbons (Fsp3) is 0.316. The maximum Gasteiger partial charge on any atom is 0.325 e. The third kappa shape index (κ3) is 3.33. The molecule has 1 aliphatic heterocycles. The van der Waals surface area contributed by atoms with Crippen LogP contribution in [0.3, 0.4) is 0 Å². The van der Waals surface area contributed by atoms with Crippen molar-refractivity contribution in [2.24, 2.45) is 0 Å². The Morgan fingerprint density at radius 3 is 2.72 bits per heavy atom. The first kappa shape index (κ1) is 17.0. The zero-order valence-electron chi connectivity index (χ0n) is 14.5. The van der Waals surface area contributed by atoms with Crippen molar-refractivity contribution >= 4 is 11.9 Å². The molecule has 2 aromatic rings. The lowest BCUT2D eigenvalue weighted by Gasteiger charge is -2.16.